The number of carboxylic acid groups (broad SMARTS) is 1. The van der Waals surface area contributed by atoms with Gasteiger partial charge in [-0.1, -0.05) is 31.1 Å². The predicted octanol–water partition coefficient (Wildman–Crippen LogP) is 3.76. The number of ether oxygens (including phenoxy) is 3. The topological polar surface area (TPSA) is 182 Å². The van der Waals surface area contributed by atoms with Crippen molar-refractivity contribution in [2.75, 3.05) is 13.2 Å². The molecule has 3 aliphatic heterocycles. The van der Waals surface area contributed by atoms with E-state index in [1.165, 1.54) is 4.90 Å². The number of carbonyl (C=O) groups excluding carboxylic acids is 4. The zero-order valence-corrected chi connectivity index (χ0v) is 29.9. The van der Waals surface area contributed by atoms with E-state index in [1.807, 2.05) is 42.6 Å². The second-order valence-electron chi connectivity index (χ2n) is 15.0. The summed E-state index contributed by atoms with van der Waals surface area (Å²) >= 11 is 0. The third kappa shape index (κ3) is 8.68. The van der Waals surface area contributed by atoms with Crippen molar-refractivity contribution in [3.8, 4) is 5.75 Å². The maximum atomic E-state index is 14.2. The van der Waals surface area contributed by atoms with Crippen LogP contribution in [0.4, 0.5) is 9.59 Å². The molecule has 0 spiro atoms. The van der Waals surface area contributed by atoms with Gasteiger partial charge in [-0.15, -0.1) is 0 Å². The van der Waals surface area contributed by atoms with Crippen LogP contribution in [-0.4, -0.2) is 97.1 Å². The van der Waals surface area contributed by atoms with E-state index in [4.69, 9.17) is 14.2 Å². The first-order chi connectivity index (χ1) is 24.8. The molecule has 2 fully saturated rings. The number of carboxylic acids is 1. The molecule has 280 valence electrons. The molecule has 6 rings (SSSR count). The number of nitrogens with one attached hydrogen (secondary N) is 2. The minimum Gasteiger partial charge on any atom is -0.492 e. The third-order valence-corrected chi connectivity index (χ3v) is 9.89. The molecule has 4 aliphatic rings. The van der Waals surface area contributed by atoms with Crippen LogP contribution in [0.1, 0.15) is 76.8 Å². The fourth-order valence-electron chi connectivity index (χ4n) is 7.09. The first-order valence-electron chi connectivity index (χ1n) is 18.0. The van der Waals surface area contributed by atoms with Gasteiger partial charge >= 0.3 is 18.2 Å². The van der Waals surface area contributed by atoms with Gasteiger partial charge in [-0.2, -0.15) is 5.10 Å². The number of aliphatic carboxylic acids is 1. The largest absolute Gasteiger partial charge is 0.492 e. The molecular formula is C37H48N6O9. The van der Waals surface area contributed by atoms with Crippen molar-refractivity contribution in [3.05, 3.63) is 59.9 Å². The van der Waals surface area contributed by atoms with Crippen molar-refractivity contribution >= 4 is 30.0 Å². The highest BCUT2D eigenvalue weighted by Gasteiger charge is 2.61. The molecule has 0 unspecified atom stereocenters. The lowest BCUT2D eigenvalue weighted by molar-refractivity contribution is -0.145. The van der Waals surface area contributed by atoms with Crippen molar-refractivity contribution in [3.63, 3.8) is 0 Å². The molecule has 3 N–H and O–H groups in total. The Bertz CT molecular complexity index is 1690. The van der Waals surface area contributed by atoms with Crippen LogP contribution >= 0.6 is 0 Å². The van der Waals surface area contributed by atoms with E-state index in [9.17, 15) is 29.1 Å². The number of benzene rings is 1. The molecule has 4 amide bonds. The minimum atomic E-state index is -1.48. The molecule has 5 atom stereocenters. The molecule has 1 saturated heterocycles. The van der Waals surface area contributed by atoms with Crippen LogP contribution in [-0.2, 0) is 43.5 Å². The molecule has 4 heterocycles. The van der Waals surface area contributed by atoms with E-state index < -0.39 is 59.3 Å². The van der Waals surface area contributed by atoms with Gasteiger partial charge in [0.2, 0.25) is 11.8 Å². The van der Waals surface area contributed by atoms with Crippen LogP contribution < -0.4 is 15.4 Å². The Labute approximate surface area is 302 Å². The lowest BCUT2D eigenvalue weighted by Crippen LogP contribution is -2.56. The average Bonchev–Trinajstić information content (AvgIpc) is 3.50. The highest BCUT2D eigenvalue weighted by molar-refractivity contribution is 5.96. The highest BCUT2D eigenvalue weighted by atomic mass is 16.6. The summed E-state index contributed by atoms with van der Waals surface area (Å²) in [7, 11) is 0. The van der Waals surface area contributed by atoms with Crippen molar-refractivity contribution in [1.29, 1.82) is 0 Å². The van der Waals surface area contributed by atoms with Gasteiger partial charge < -0.3 is 34.9 Å². The van der Waals surface area contributed by atoms with Crippen molar-refractivity contribution in [2.24, 2.45) is 5.92 Å². The van der Waals surface area contributed by atoms with E-state index in [2.05, 4.69) is 15.7 Å². The number of nitrogens with zero attached hydrogens (tertiary/aromatic N) is 4. The number of hydrogen-bond acceptors (Lipinski definition) is 9. The van der Waals surface area contributed by atoms with Crippen LogP contribution in [0.25, 0.3) is 0 Å². The van der Waals surface area contributed by atoms with Crippen LogP contribution in [0, 0.1) is 5.92 Å². The van der Waals surface area contributed by atoms with Gasteiger partial charge in [0.15, 0.2) is 0 Å². The fraction of sp³-hybridized carbons (Fsp3) is 0.568. The van der Waals surface area contributed by atoms with Gasteiger partial charge in [-0.05, 0) is 75.8 Å². The van der Waals surface area contributed by atoms with E-state index in [-0.39, 0.29) is 25.3 Å². The predicted molar refractivity (Wildman–Crippen MR) is 186 cm³/mol. The Morgan fingerprint density at radius 1 is 1.12 bits per heavy atom. The van der Waals surface area contributed by atoms with Crippen molar-refractivity contribution in [1.82, 2.24) is 30.2 Å². The summed E-state index contributed by atoms with van der Waals surface area (Å²) in [5, 5.41) is 19.7. The molecule has 1 saturated carbocycles. The van der Waals surface area contributed by atoms with Crippen LogP contribution in [0.2, 0.25) is 0 Å². The number of hydrogen-bond donors (Lipinski definition) is 3. The zero-order chi connectivity index (χ0) is 37.0. The first kappa shape index (κ1) is 36.7. The van der Waals surface area contributed by atoms with Gasteiger partial charge in [0, 0.05) is 37.8 Å². The maximum Gasteiger partial charge on any atom is 0.410 e. The molecule has 15 heteroatoms. The number of fused-ring (bicyclic) bond motifs is 3. The van der Waals surface area contributed by atoms with Crippen LogP contribution in [0.5, 0.6) is 5.75 Å². The summed E-state index contributed by atoms with van der Waals surface area (Å²) < 4.78 is 19.0. The fourth-order valence-corrected chi connectivity index (χ4v) is 7.09. The molecule has 1 aromatic carbocycles. The summed E-state index contributed by atoms with van der Waals surface area (Å²) in [5.41, 5.74) is -0.405. The number of amides is 4. The van der Waals surface area contributed by atoms with Crippen molar-refractivity contribution in [2.45, 2.75) is 115 Å². The quantitative estimate of drug-likeness (QED) is 0.357. The lowest BCUT2D eigenvalue weighted by Gasteiger charge is -2.30. The molecule has 52 heavy (non-hydrogen) atoms. The average molecular weight is 721 g/mol. The van der Waals surface area contributed by atoms with E-state index >= 15 is 0 Å². The van der Waals surface area contributed by atoms with Crippen molar-refractivity contribution < 1.29 is 43.3 Å². The Kier molecular flexibility index (Phi) is 10.8. The Morgan fingerprint density at radius 2 is 1.92 bits per heavy atom. The van der Waals surface area contributed by atoms with Gasteiger partial charge in [0.25, 0.3) is 0 Å². The van der Waals surface area contributed by atoms with Gasteiger partial charge in [-0.25, -0.2) is 14.4 Å². The van der Waals surface area contributed by atoms with Gasteiger partial charge in [-0.3, -0.25) is 19.2 Å². The number of carbonyl (C=O) groups is 5. The minimum absolute atomic E-state index is 0.0340. The second kappa shape index (κ2) is 15.3. The van der Waals surface area contributed by atoms with Crippen LogP contribution in [0.3, 0.4) is 0 Å². The normalized spacial score (nSPS) is 26.8. The lowest BCUT2D eigenvalue weighted by atomic mass is 10.0. The first-order valence-corrected chi connectivity index (χ1v) is 18.0. The van der Waals surface area contributed by atoms with E-state index in [0.717, 1.165) is 30.4 Å². The maximum absolute atomic E-state index is 14.2. The number of alkyl carbamates (subject to hydrolysis) is 1. The Balaban J connectivity index is 1.15. The van der Waals surface area contributed by atoms with E-state index in [0.29, 0.717) is 44.8 Å². The molecular weight excluding hydrogens is 672 g/mol. The summed E-state index contributed by atoms with van der Waals surface area (Å²) in [6.45, 7) is 6.69. The summed E-state index contributed by atoms with van der Waals surface area (Å²) in [6.07, 6.45) is 8.57. The molecule has 1 aliphatic carbocycles. The smallest absolute Gasteiger partial charge is 0.410 e. The highest BCUT2D eigenvalue weighted by Crippen LogP contribution is 2.45. The van der Waals surface area contributed by atoms with E-state index in [1.54, 1.807) is 36.5 Å². The molecule has 1 aromatic heterocycles. The summed E-state index contributed by atoms with van der Waals surface area (Å²) in [5.74, 6) is -2.03. The van der Waals surface area contributed by atoms with Gasteiger partial charge in [0.1, 0.15) is 41.7 Å². The molecule has 2 aromatic rings. The molecule has 0 bridgehead atoms. The Hall–Kier alpha value is -5.08. The number of rotatable bonds is 7. The molecule has 15 nitrogen and oxygen atoms in total. The second-order valence-corrected chi connectivity index (χ2v) is 15.0. The van der Waals surface area contributed by atoms with Crippen LogP contribution in [0.15, 0.2) is 48.8 Å². The monoisotopic (exact) mass is 720 g/mol. The molecule has 0 radical (unpaired) electrons. The summed E-state index contributed by atoms with van der Waals surface area (Å²) in [6, 6.07) is 5.38. The third-order valence-electron chi connectivity index (χ3n) is 9.89. The van der Waals surface area contributed by atoms with Gasteiger partial charge in [0.05, 0.1) is 13.1 Å². The Morgan fingerprint density at radius 3 is 2.67 bits per heavy atom. The SMILES string of the molecule is CC(C)(C)OC(=O)N[C@H]1CCCCC/C=C\[C@@H]2C[C@@]2(C(=O)O)NC(=O)[C@@H]2C[C@@H](OC(=O)N3Cc4ccc(OCCn5cccn5)cc4C3)CN2C1=O. The number of allylic oxidation sites excluding steroid dienone is 1. The standard InChI is InChI=1S/C37H48N6O9/c1-36(2,3)52-34(48)39-29-11-8-6-4-5-7-10-26-20-37(26,33(46)47)40-31(44)30-19-28(23-43(30)32(29)45)51-35(49)41-21-24-12-13-27(18-25(24)22-41)50-17-16-42-15-9-14-38-42/h7,9-10,12-15,18,26,28-30H,4-6,8,11,16-17,19-23H2,1-3H3,(H,39,48)(H,40,44)(H,46,47)/b10-7-/t26-,28-,29+,30+,37-/m1/s1. The summed E-state index contributed by atoms with van der Waals surface area (Å²) in [4.78, 5) is 69.7. The number of aromatic nitrogens is 2. The zero-order valence-electron chi connectivity index (χ0n) is 29.9.